The number of benzene rings is 1. The number of likely N-dealkylation sites (N-methyl/N-ethyl adjacent to an activating group) is 4. The number of rotatable bonds is 12. The summed E-state index contributed by atoms with van der Waals surface area (Å²) in [4.78, 5) is 137. The van der Waals surface area contributed by atoms with Crippen molar-refractivity contribution in [3.63, 3.8) is 0 Å². The first-order valence-electron chi connectivity index (χ1n) is 26.4. The highest BCUT2D eigenvalue weighted by Crippen LogP contribution is 2.21. The van der Waals surface area contributed by atoms with Crippen molar-refractivity contribution in [2.45, 2.75) is 188 Å². The summed E-state index contributed by atoms with van der Waals surface area (Å²) < 4.78 is 6.08. The number of hydrogen-bond acceptors (Lipinski definition) is 11. The van der Waals surface area contributed by atoms with E-state index in [0.29, 0.717) is 18.7 Å². The molecule has 0 unspecified atom stereocenters. The van der Waals surface area contributed by atoms with E-state index in [1.54, 1.807) is 56.0 Å². The van der Waals surface area contributed by atoms with Crippen LogP contribution in [0.2, 0.25) is 0 Å². The fourth-order valence-electron chi connectivity index (χ4n) is 9.27. The molecule has 416 valence electrons. The topological polar surface area (TPSA) is 247 Å². The number of amides is 9. The molecule has 0 saturated carbocycles. The second-order valence-electron chi connectivity index (χ2n) is 22.6. The lowest BCUT2D eigenvalue weighted by Gasteiger charge is -2.37. The van der Waals surface area contributed by atoms with Crippen molar-refractivity contribution < 1.29 is 53.0 Å². The molecular weight excluding hydrogens is 951 g/mol. The standard InChI is InChI=1S/C54H89N9O11/c1-32(2)26-40-46(66)56-38(51(71)63-24-20-17-21-25-63)30-44(65)55-35(7)49(69)62(15)43(29-37-22-18-16-19-23-37)52(72)60(13)42(28-34(5)6)48(68)58-45(36(8)64)53(73)61(14)41(27-33(3)4)47(67)57-39(50(70)59(40)12)31-74-54(9,10)11/h16,18-19,22-23,32-36,38-43,45,64H,17,20-21,24-31H2,1-15H3,(H,55,65)(H,56,66)(H,57,67)(H,58,68)/t35-,36-,38+,39+,40+,41+,42+,43+,45+/m1/s1. The monoisotopic (exact) mass is 1040 g/mol. The number of aliphatic hydroxyl groups excluding tert-OH is 1. The zero-order chi connectivity index (χ0) is 55.9. The molecule has 1 aromatic carbocycles. The number of hydrogen-bond donors (Lipinski definition) is 5. The third kappa shape index (κ3) is 18.3. The summed E-state index contributed by atoms with van der Waals surface area (Å²) in [6, 6.07) is -1.63. The average Bonchev–Trinajstić information content (AvgIpc) is 3.33. The van der Waals surface area contributed by atoms with Gasteiger partial charge in [-0.3, -0.25) is 43.2 Å². The third-order valence-electron chi connectivity index (χ3n) is 13.6. The molecule has 5 N–H and O–H groups in total. The minimum Gasteiger partial charge on any atom is -0.391 e. The molecule has 0 aliphatic carbocycles. The fraction of sp³-hybridized carbons (Fsp3) is 0.722. The highest BCUT2D eigenvalue weighted by molar-refractivity contribution is 5.99. The van der Waals surface area contributed by atoms with Crippen LogP contribution in [0.3, 0.4) is 0 Å². The van der Waals surface area contributed by atoms with Crippen molar-refractivity contribution in [3.05, 3.63) is 35.9 Å². The number of nitrogens with one attached hydrogen (secondary N) is 4. The molecule has 20 nitrogen and oxygen atoms in total. The van der Waals surface area contributed by atoms with E-state index in [0.717, 1.165) is 24.2 Å². The molecule has 0 radical (unpaired) electrons. The van der Waals surface area contributed by atoms with Crippen LogP contribution in [0.5, 0.6) is 0 Å². The highest BCUT2D eigenvalue weighted by Gasteiger charge is 2.42. The number of nitrogens with zero attached hydrogens (tertiary/aromatic N) is 5. The van der Waals surface area contributed by atoms with Crippen LogP contribution in [0, 0.1) is 17.8 Å². The second kappa shape index (κ2) is 28.3. The lowest BCUT2D eigenvalue weighted by atomic mass is 9.97. The van der Waals surface area contributed by atoms with Gasteiger partial charge in [-0.15, -0.1) is 0 Å². The van der Waals surface area contributed by atoms with Gasteiger partial charge in [-0.25, -0.2) is 0 Å². The maximum absolute atomic E-state index is 14.9. The van der Waals surface area contributed by atoms with Gasteiger partial charge in [0.05, 0.1) is 24.7 Å². The second-order valence-corrected chi connectivity index (χ2v) is 22.6. The summed E-state index contributed by atoms with van der Waals surface area (Å²) in [5.74, 6) is -6.86. The van der Waals surface area contributed by atoms with Crippen molar-refractivity contribution in [2.75, 3.05) is 47.9 Å². The largest absolute Gasteiger partial charge is 0.391 e. The molecule has 0 aromatic heterocycles. The lowest BCUT2D eigenvalue weighted by molar-refractivity contribution is -0.150. The quantitative estimate of drug-likeness (QED) is 0.203. The smallest absolute Gasteiger partial charge is 0.248 e. The van der Waals surface area contributed by atoms with Crippen LogP contribution in [-0.4, -0.2) is 191 Å². The van der Waals surface area contributed by atoms with Crippen molar-refractivity contribution in [2.24, 2.45) is 17.8 Å². The number of ether oxygens (including phenoxy) is 1. The maximum atomic E-state index is 14.9. The van der Waals surface area contributed by atoms with Gasteiger partial charge in [-0.1, -0.05) is 71.9 Å². The summed E-state index contributed by atoms with van der Waals surface area (Å²) in [5, 5.41) is 22.1. The van der Waals surface area contributed by atoms with Crippen molar-refractivity contribution in [3.8, 4) is 0 Å². The van der Waals surface area contributed by atoms with Gasteiger partial charge in [0, 0.05) is 47.7 Å². The van der Waals surface area contributed by atoms with Gasteiger partial charge in [0.1, 0.15) is 48.3 Å². The Bertz CT molecular complexity index is 2090. The number of carbonyl (C=O) groups is 9. The van der Waals surface area contributed by atoms with E-state index in [-0.39, 0.29) is 50.0 Å². The molecule has 2 fully saturated rings. The van der Waals surface area contributed by atoms with Gasteiger partial charge in [0.15, 0.2) is 0 Å². The van der Waals surface area contributed by atoms with E-state index in [2.05, 4.69) is 21.3 Å². The zero-order valence-corrected chi connectivity index (χ0v) is 46.9. The molecule has 9 atom stereocenters. The van der Waals surface area contributed by atoms with E-state index in [4.69, 9.17) is 4.74 Å². The van der Waals surface area contributed by atoms with Gasteiger partial charge < -0.3 is 55.6 Å². The summed E-state index contributed by atoms with van der Waals surface area (Å²) >= 11 is 0. The lowest BCUT2D eigenvalue weighted by Crippen LogP contribution is -2.63. The number of piperidine rings is 1. The first kappa shape index (κ1) is 62.7. The van der Waals surface area contributed by atoms with Gasteiger partial charge >= 0.3 is 0 Å². The molecule has 2 aliphatic heterocycles. The molecule has 3 rings (SSSR count). The van der Waals surface area contributed by atoms with E-state index < -0.39 is 120 Å². The highest BCUT2D eigenvalue weighted by atomic mass is 16.5. The number of carbonyl (C=O) groups excluding carboxylic acids is 9. The first-order chi connectivity index (χ1) is 34.4. The Morgan fingerprint density at radius 2 is 1.08 bits per heavy atom. The Kier molecular flexibility index (Phi) is 24.0. The minimum atomic E-state index is -1.61. The Hall–Kier alpha value is -5.63. The van der Waals surface area contributed by atoms with Crippen molar-refractivity contribution >= 4 is 53.2 Å². The minimum absolute atomic E-state index is 0.0118. The molecule has 2 saturated heterocycles. The van der Waals surface area contributed by atoms with Crippen LogP contribution in [0.4, 0.5) is 0 Å². The van der Waals surface area contributed by atoms with Gasteiger partial charge in [-0.2, -0.15) is 0 Å². The number of likely N-dealkylation sites (tertiary alicyclic amines) is 1. The predicted molar refractivity (Wildman–Crippen MR) is 281 cm³/mol. The van der Waals surface area contributed by atoms with E-state index >= 15 is 0 Å². The van der Waals surface area contributed by atoms with Gasteiger partial charge in [0.25, 0.3) is 0 Å². The molecule has 2 aliphatic rings. The molecule has 0 spiro atoms. The molecule has 0 bridgehead atoms. The molecular formula is C54H89N9O11. The van der Waals surface area contributed by atoms with E-state index in [9.17, 15) is 48.3 Å². The van der Waals surface area contributed by atoms with Gasteiger partial charge in [0.2, 0.25) is 53.2 Å². The van der Waals surface area contributed by atoms with Crippen LogP contribution in [-0.2, 0) is 54.3 Å². The molecule has 2 heterocycles. The van der Waals surface area contributed by atoms with Crippen molar-refractivity contribution in [1.82, 2.24) is 45.8 Å². The third-order valence-corrected chi connectivity index (χ3v) is 13.6. The molecule has 9 amide bonds. The molecule has 1 aromatic rings. The predicted octanol–water partition coefficient (Wildman–Crippen LogP) is 2.25. The Morgan fingerprint density at radius 1 is 0.622 bits per heavy atom. The van der Waals surface area contributed by atoms with Crippen LogP contribution in [0.1, 0.15) is 127 Å². The summed E-state index contributed by atoms with van der Waals surface area (Å²) in [6.07, 6.45) is 0.601. The van der Waals surface area contributed by atoms with Crippen molar-refractivity contribution in [1.29, 1.82) is 0 Å². The average molecular weight is 1040 g/mol. The SMILES string of the molecule is CC(C)C[C@H]1C(=O)N[C@H](C(=O)N2CCCCC2)CC(=O)N[C@H](C)C(=O)N(C)[C@@H](Cc2ccccc2)C(=O)N(C)[C@@H](CC(C)C)C(=O)N[C@@H]([C@@H](C)O)C(=O)N(C)[C@@H](CC(C)C)C(=O)N[C@@H](COC(C)(C)C)C(=O)N1C. The number of aliphatic hydroxyl groups is 1. The molecule has 74 heavy (non-hydrogen) atoms. The maximum Gasteiger partial charge on any atom is 0.248 e. The Balaban J connectivity index is 2.30. The Morgan fingerprint density at radius 3 is 1.57 bits per heavy atom. The first-order valence-corrected chi connectivity index (χ1v) is 26.4. The van der Waals surface area contributed by atoms with Crippen LogP contribution >= 0.6 is 0 Å². The van der Waals surface area contributed by atoms with E-state index in [1.165, 1.54) is 56.7 Å². The summed E-state index contributed by atoms with van der Waals surface area (Å²) in [5.41, 5.74) is -0.101. The van der Waals surface area contributed by atoms with E-state index in [1.807, 2.05) is 41.5 Å². The zero-order valence-electron chi connectivity index (χ0n) is 46.9. The fourth-order valence-corrected chi connectivity index (χ4v) is 9.27. The molecule has 20 heteroatoms. The normalized spacial score (nSPS) is 26.2. The van der Waals surface area contributed by atoms with Crippen LogP contribution in [0.25, 0.3) is 0 Å². The summed E-state index contributed by atoms with van der Waals surface area (Å²) in [6.45, 7) is 19.6. The van der Waals surface area contributed by atoms with Crippen LogP contribution in [0.15, 0.2) is 30.3 Å². The Labute approximate surface area is 439 Å². The van der Waals surface area contributed by atoms with Gasteiger partial charge in [-0.05, 0) is 96.5 Å². The summed E-state index contributed by atoms with van der Waals surface area (Å²) in [7, 11) is 5.62. The van der Waals surface area contributed by atoms with Crippen LogP contribution < -0.4 is 21.3 Å².